The zero-order valence-electron chi connectivity index (χ0n) is 18.3. The molecule has 0 aliphatic heterocycles. The molecule has 0 bridgehead atoms. The summed E-state index contributed by atoms with van der Waals surface area (Å²) in [6, 6.07) is 0. The van der Waals surface area contributed by atoms with E-state index in [1.54, 1.807) is 0 Å². The lowest BCUT2D eigenvalue weighted by Crippen LogP contribution is -3.00. The second-order valence-corrected chi connectivity index (χ2v) is 7.96. The first kappa shape index (κ1) is 27.5. The molecule has 0 saturated carbocycles. The summed E-state index contributed by atoms with van der Waals surface area (Å²) in [7, 11) is 0. The number of unbranched alkanes of at least 4 members (excludes halogenated alkanes) is 14. The lowest BCUT2D eigenvalue weighted by atomic mass is 10.0. The van der Waals surface area contributed by atoms with Crippen molar-refractivity contribution < 1.29 is 16.9 Å². The first-order chi connectivity index (χ1) is 11.7. The molecule has 154 valence electrons. The van der Waals surface area contributed by atoms with Gasteiger partial charge >= 0.3 is 0 Å². The van der Waals surface area contributed by atoms with Gasteiger partial charge in [0, 0.05) is 0 Å². The smallest absolute Gasteiger partial charge is 0.0786 e. The Morgan fingerprint density at radius 3 is 0.960 bits per heavy atom. The third kappa shape index (κ3) is 16.2. The van der Waals surface area contributed by atoms with Crippen molar-refractivity contribution in [3.8, 4) is 0 Å². The molecule has 25 heavy (non-hydrogen) atoms. The Morgan fingerprint density at radius 1 is 0.400 bits per heavy atom. The predicted octanol–water partition coefficient (Wildman–Crippen LogP) is 4.74. The SMILES string of the molecule is CCCCCCCCCCCCCCCCC[N+](CC)(CC)CC.[Cl-]. The van der Waals surface area contributed by atoms with E-state index in [1.807, 2.05) is 0 Å². The van der Waals surface area contributed by atoms with Crippen molar-refractivity contribution in [2.24, 2.45) is 0 Å². The molecule has 0 rings (SSSR count). The maximum atomic E-state index is 2.36. The molecule has 1 nitrogen and oxygen atoms in total. The number of nitrogens with zero attached hydrogens (tertiary/aromatic N) is 1. The van der Waals surface area contributed by atoms with Crippen LogP contribution in [0.1, 0.15) is 124 Å². The fraction of sp³-hybridized carbons (Fsp3) is 1.00. The molecule has 0 amide bonds. The number of hydrogen-bond acceptors (Lipinski definition) is 0. The van der Waals surface area contributed by atoms with Crippen LogP contribution in [0, 0.1) is 0 Å². The highest BCUT2D eigenvalue weighted by Crippen LogP contribution is 2.14. The van der Waals surface area contributed by atoms with Crippen molar-refractivity contribution in [3.63, 3.8) is 0 Å². The van der Waals surface area contributed by atoms with E-state index in [9.17, 15) is 0 Å². The van der Waals surface area contributed by atoms with E-state index in [0.29, 0.717) is 0 Å². The van der Waals surface area contributed by atoms with E-state index in [0.717, 1.165) is 0 Å². The normalized spacial score (nSPS) is 11.5. The molecule has 0 radical (unpaired) electrons. The van der Waals surface area contributed by atoms with Crippen LogP contribution in [-0.2, 0) is 0 Å². The summed E-state index contributed by atoms with van der Waals surface area (Å²) in [6.07, 6.45) is 22.0. The quantitative estimate of drug-likeness (QED) is 0.226. The Hall–Kier alpha value is 0.250. The first-order valence-electron chi connectivity index (χ1n) is 11.6. The van der Waals surface area contributed by atoms with Gasteiger partial charge in [-0.3, -0.25) is 0 Å². The number of hydrogen-bond donors (Lipinski definition) is 0. The van der Waals surface area contributed by atoms with Gasteiger partial charge in [-0.05, 0) is 33.6 Å². The summed E-state index contributed by atoms with van der Waals surface area (Å²) in [5.41, 5.74) is 0. The second kappa shape index (κ2) is 20.6. The van der Waals surface area contributed by atoms with Gasteiger partial charge in [0.2, 0.25) is 0 Å². The first-order valence-corrected chi connectivity index (χ1v) is 11.6. The highest BCUT2D eigenvalue weighted by atomic mass is 35.5. The molecular weight excluding hydrogens is 326 g/mol. The summed E-state index contributed by atoms with van der Waals surface area (Å²) < 4.78 is 1.33. The fourth-order valence-corrected chi connectivity index (χ4v) is 3.96. The zero-order valence-corrected chi connectivity index (χ0v) is 19.0. The fourth-order valence-electron chi connectivity index (χ4n) is 3.96. The van der Waals surface area contributed by atoms with Crippen LogP contribution in [0.15, 0.2) is 0 Å². The van der Waals surface area contributed by atoms with Gasteiger partial charge in [-0.15, -0.1) is 0 Å². The van der Waals surface area contributed by atoms with Crippen molar-refractivity contribution >= 4 is 0 Å². The van der Waals surface area contributed by atoms with Gasteiger partial charge in [0.25, 0.3) is 0 Å². The Kier molecular flexibility index (Phi) is 22.6. The molecular formula is C23H50ClN. The lowest BCUT2D eigenvalue weighted by Gasteiger charge is -2.35. The average Bonchev–Trinajstić information content (AvgIpc) is 2.62. The van der Waals surface area contributed by atoms with E-state index in [4.69, 9.17) is 0 Å². The van der Waals surface area contributed by atoms with Gasteiger partial charge in [-0.2, -0.15) is 0 Å². The molecule has 0 heterocycles. The van der Waals surface area contributed by atoms with Crippen LogP contribution in [0.4, 0.5) is 0 Å². The Balaban J connectivity index is 0. The third-order valence-electron chi connectivity index (χ3n) is 6.25. The molecule has 0 aliphatic rings. The third-order valence-corrected chi connectivity index (χ3v) is 6.25. The summed E-state index contributed by atoms with van der Waals surface area (Å²) in [4.78, 5) is 0. The lowest BCUT2D eigenvalue weighted by molar-refractivity contribution is -0.923. The van der Waals surface area contributed by atoms with Gasteiger partial charge in [0.15, 0.2) is 0 Å². The summed E-state index contributed by atoms with van der Waals surface area (Å²) in [6.45, 7) is 14.7. The van der Waals surface area contributed by atoms with Crippen LogP contribution in [-0.4, -0.2) is 30.7 Å². The van der Waals surface area contributed by atoms with Gasteiger partial charge in [-0.25, -0.2) is 0 Å². The molecule has 2 heteroatoms. The van der Waals surface area contributed by atoms with E-state index in [-0.39, 0.29) is 12.4 Å². The van der Waals surface area contributed by atoms with Crippen LogP contribution in [0.3, 0.4) is 0 Å². The second-order valence-electron chi connectivity index (χ2n) is 7.96. The topological polar surface area (TPSA) is 0 Å². The zero-order chi connectivity index (χ0) is 17.9. The van der Waals surface area contributed by atoms with Crippen molar-refractivity contribution in [1.29, 1.82) is 0 Å². The van der Waals surface area contributed by atoms with Gasteiger partial charge in [0.1, 0.15) is 0 Å². The van der Waals surface area contributed by atoms with E-state index in [1.165, 1.54) is 127 Å². The van der Waals surface area contributed by atoms with Crippen molar-refractivity contribution in [3.05, 3.63) is 0 Å². The molecule has 0 aliphatic carbocycles. The summed E-state index contributed by atoms with van der Waals surface area (Å²) in [5.74, 6) is 0. The molecule has 0 spiro atoms. The van der Waals surface area contributed by atoms with Gasteiger partial charge in [-0.1, -0.05) is 90.4 Å². The molecule has 0 N–H and O–H groups in total. The Morgan fingerprint density at radius 2 is 0.680 bits per heavy atom. The van der Waals surface area contributed by atoms with Crippen molar-refractivity contribution in [1.82, 2.24) is 0 Å². The Bertz CT molecular complexity index is 230. The van der Waals surface area contributed by atoms with Crippen LogP contribution in [0.2, 0.25) is 0 Å². The summed E-state index contributed by atoms with van der Waals surface area (Å²) >= 11 is 0. The van der Waals surface area contributed by atoms with E-state index < -0.39 is 0 Å². The largest absolute Gasteiger partial charge is 1.00 e. The molecule has 0 aromatic carbocycles. The predicted molar refractivity (Wildman–Crippen MR) is 112 cm³/mol. The average molecular weight is 376 g/mol. The van der Waals surface area contributed by atoms with E-state index in [2.05, 4.69) is 27.7 Å². The highest BCUT2D eigenvalue weighted by molar-refractivity contribution is 4.50. The minimum atomic E-state index is 0. The Labute approximate surface area is 167 Å². The van der Waals surface area contributed by atoms with Crippen LogP contribution < -0.4 is 12.4 Å². The maximum absolute atomic E-state index is 2.36. The van der Waals surface area contributed by atoms with Crippen molar-refractivity contribution in [2.45, 2.75) is 124 Å². The molecule has 0 aromatic rings. The number of quaternary nitrogens is 1. The number of rotatable bonds is 19. The minimum absolute atomic E-state index is 0. The highest BCUT2D eigenvalue weighted by Gasteiger charge is 2.19. The van der Waals surface area contributed by atoms with Crippen LogP contribution in [0.5, 0.6) is 0 Å². The van der Waals surface area contributed by atoms with Crippen LogP contribution in [0.25, 0.3) is 0 Å². The van der Waals surface area contributed by atoms with Crippen molar-refractivity contribution in [2.75, 3.05) is 26.2 Å². The molecule has 0 saturated heterocycles. The minimum Gasteiger partial charge on any atom is -1.00 e. The van der Waals surface area contributed by atoms with Gasteiger partial charge in [0.05, 0.1) is 26.2 Å². The maximum Gasteiger partial charge on any atom is 0.0786 e. The standard InChI is InChI=1S/C23H50N.ClH/c1-5-9-10-11-12-13-14-15-16-17-18-19-20-21-22-23-24(6-2,7-3)8-4;/h5-23H2,1-4H3;1H/q+1;/p-1. The molecule has 0 fully saturated rings. The van der Waals surface area contributed by atoms with E-state index >= 15 is 0 Å². The van der Waals surface area contributed by atoms with Crippen LogP contribution >= 0.6 is 0 Å². The molecule has 0 aromatic heterocycles. The molecule has 0 atom stereocenters. The van der Waals surface area contributed by atoms with Gasteiger partial charge < -0.3 is 16.9 Å². The number of halogens is 1. The summed E-state index contributed by atoms with van der Waals surface area (Å²) in [5, 5.41) is 0. The molecule has 0 unspecified atom stereocenters. The monoisotopic (exact) mass is 375 g/mol.